The van der Waals surface area contributed by atoms with Gasteiger partial charge in [0.2, 0.25) is 0 Å². The van der Waals surface area contributed by atoms with Crippen molar-refractivity contribution in [1.82, 2.24) is 4.57 Å². The fourth-order valence-corrected chi connectivity index (χ4v) is 1.77. The van der Waals surface area contributed by atoms with Crippen LogP contribution in [0.25, 0.3) is 5.69 Å². The van der Waals surface area contributed by atoms with Crippen LogP contribution in [-0.4, -0.2) is 4.57 Å². The molecule has 1 aromatic carbocycles. The summed E-state index contributed by atoms with van der Waals surface area (Å²) < 4.78 is 14.5. The van der Waals surface area contributed by atoms with E-state index in [1.807, 2.05) is 0 Å². The molecule has 0 fully saturated rings. The van der Waals surface area contributed by atoms with E-state index in [0.717, 1.165) is 5.56 Å². The van der Waals surface area contributed by atoms with E-state index < -0.39 is 0 Å². The molecule has 0 unspecified atom stereocenters. The first-order valence-corrected chi connectivity index (χ1v) is 5.86. The van der Waals surface area contributed by atoms with Gasteiger partial charge >= 0.3 is 0 Å². The van der Waals surface area contributed by atoms with Crippen molar-refractivity contribution in [3.63, 3.8) is 0 Å². The lowest BCUT2D eigenvalue weighted by Crippen LogP contribution is -2.16. The average molecular weight is 282 g/mol. The fraction of sp³-hybridized carbons (Fsp3) is 0.0833. The minimum Gasteiger partial charge on any atom is -0.284 e. The molecule has 0 radical (unpaired) electrons. The van der Waals surface area contributed by atoms with Crippen LogP contribution in [0.2, 0.25) is 0 Å². The summed E-state index contributed by atoms with van der Waals surface area (Å²) in [6.45, 7) is 0. The van der Waals surface area contributed by atoms with E-state index in [1.54, 1.807) is 24.4 Å². The smallest absolute Gasteiger partial charge is 0.255 e. The summed E-state index contributed by atoms with van der Waals surface area (Å²) in [4.78, 5) is 11.6. The number of nitrogens with zero attached hydrogens (tertiary/aromatic N) is 1. The van der Waals surface area contributed by atoms with Crippen molar-refractivity contribution in [2.75, 3.05) is 0 Å². The molecule has 16 heavy (non-hydrogen) atoms. The van der Waals surface area contributed by atoms with Crippen LogP contribution in [0.15, 0.2) is 47.4 Å². The SMILES string of the molecule is O=c1ccc(CBr)cn1-c1cccc(F)c1. The van der Waals surface area contributed by atoms with Crippen LogP contribution in [0.3, 0.4) is 0 Å². The van der Waals surface area contributed by atoms with E-state index in [0.29, 0.717) is 11.0 Å². The highest BCUT2D eigenvalue weighted by Gasteiger charge is 2.01. The van der Waals surface area contributed by atoms with Crippen LogP contribution in [-0.2, 0) is 5.33 Å². The van der Waals surface area contributed by atoms with Crippen LogP contribution in [0.5, 0.6) is 0 Å². The Morgan fingerprint density at radius 3 is 2.75 bits per heavy atom. The highest BCUT2D eigenvalue weighted by molar-refractivity contribution is 9.08. The van der Waals surface area contributed by atoms with Crippen LogP contribution in [0.1, 0.15) is 5.56 Å². The molecule has 0 saturated carbocycles. The predicted molar refractivity (Wildman–Crippen MR) is 64.6 cm³/mol. The Bertz CT molecular complexity index is 565. The number of hydrogen-bond acceptors (Lipinski definition) is 1. The van der Waals surface area contributed by atoms with Crippen molar-refractivity contribution >= 4 is 15.9 Å². The van der Waals surface area contributed by atoms with Crippen LogP contribution in [0.4, 0.5) is 4.39 Å². The van der Waals surface area contributed by atoms with Gasteiger partial charge in [0.1, 0.15) is 5.82 Å². The Morgan fingerprint density at radius 1 is 1.25 bits per heavy atom. The first kappa shape index (κ1) is 11.1. The first-order valence-electron chi connectivity index (χ1n) is 4.74. The zero-order chi connectivity index (χ0) is 11.5. The summed E-state index contributed by atoms with van der Waals surface area (Å²) in [6, 6.07) is 9.18. The summed E-state index contributed by atoms with van der Waals surface area (Å²) in [5, 5.41) is 0.655. The number of aromatic nitrogens is 1. The van der Waals surface area contributed by atoms with E-state index >= 15 is 0 Å². The van der Waals surface area contributed by atoms with Crippen molar-refractivity contribution < 1.29 is 4.39 Å². The van der Waals surface area contributed by atoms with Crippen LogP contribution >= 0.6 is 15.9 Å². The van der Waals surface area contributed by atoms with E-state index in [1.165, 1.54) is 22.8 Å². The molecule has 1 aromatic heterocycles. The van der Waals surface area contributed by atoms with Gasteiger partial charge in [-0.05, 0) is 23.8 Å². The quantitative estimate of drug-likeness (QED) is 0.776. The van der Waals surface area contributed by atoms with Gasteiger partial charge in [-0.1, -0.05) is 28.1 Å². The molecule has 0 atom stereocenters. The van der Waals surface area contributed by atoms with Gasteiger partial charge in [-0.3, -0.25) is 9.36 Å². The molecule has 0 aliphatic rings. The van der Waals surface area contributed by atoms with Gasteiger partial charge in [0.15, 0.2) is 0 Å². The maximum atomic E-state index is 13.0. The summed E-state index contributed by atoms with van der Waals surface area (Å²) in [7, 11) is 0. The molecule has 0 bridgehead atoms. The summed E-state index contributed by atoms with van der Waals surface area (Å²) >= 11 is 3.31. The number of alkyl halides is 1. The molecule has 1 heterocycles. The van der Waals surface area contributed by atoms with Gasteiger partial charge in [-0.2, -0.15) is 0 Å². The first-order chi connectivity index (χ1) is 7.70. The predicted octanol–water partition coefficient (Wildman–Crippen LogP) is 2.87. The van der Waals surface area contributed by atoms with Gasteiger partial charge in [0.05, 0.1) is 5.69 Å². The Balaban J connectivity index is 2.59. The average Bonchev–Trinajstić information content (AvgIpc) is 2.30. The van der Waals surface area contributed by atoms with Gasteiger partial charge < -0.3 is 0 Å². The molecule has 4 heteroatoms. The third kappa shape index (κ3) is 2.22. The molecule has 0 amide bonds. The monoisotopic (exact) mass is 281 g/mol. The van der Waals surface area contributed by atoms with Crippen molar-refractivity contribution in [2.45, 2.75) is 5.33 Å². The van der Waals surface area contributed by atoms with Gasteiger partial charge in [-0.15, -0.1) is 0 Å². The van der Waals surface area contributed by atoms with E-state index in [9.17, 15) is 9.18 Å². The molecular formula is C12H9BrFNO. The topological polar surface area (TPSA) is 22.0 Å². The molecule has 0 saturated heterocycles. The van der Waals surface area contributed by atoms with E-state index in [2.05, 4.69) is 15.9 Å². The molecule has 0 spiro atoms. The zero-order valence-electron chi connectivity index (χ0n) is 8.36. The molecule has 0 aliphatic heterocycles. The third-order valence-electron chi connectivity index (χ3n) is 2.21. The van der Waals surface area contributed by atoms with Crippen LogP contribution in [0, 0.1) is 5.82 Å². The third-order valence-corrected chi connectivity index (χ3v) is 2.86. The number of hydrogen-bond donors (Lipinski definition) is 0. The standard InChI is InChI=1S/C12H9BrFNO/c13-7-9-4-5-12(16)15(8-9)11-3-1-2-10(14)6-11/h1-6,8H,7H2. The van der Waals surface area contributed by atoms with Crippen LogP contribution < -0.4 is 5.56 Å². The Hall–Kier alpha value is -1.42. The van der Waals surface area contributed by atoms with Gasteiger partial charge in [0, 0.05) is 17.6 Å². The van der Waals surface area contributed by atoms with Crippen molar-refractivity contribution in [3.05, 3.63) is 64.3 Å². The van der Waals surface area contributed by atoms with Gasteiger partial charge in [-0.25, -0.2) is 4.39 Å². The molecule has 2 nitrogen and oxygen atoms in total. The Morgan fingerprint density at radius 2 is 2.06 bits per heavy atom. The molecule has 2 rings (SSSR count). The van der Waals surface area contributed by atoms with E-state index in [4.69, 9.17) is 0 Å². The number of halogens is 2. The second-order valence-corrected chi connectivity index (χ2v) is 3.92. The Kier molecular flexibility index (Phi) is 3.19. The minimum absolute atomic E-state index is 0.171. The Labute approximate surface area is 100 Å². The number of benzene rings is 1. The van der Waals surface area contributed by atoms with Crippen molar-refractivity contribution in [2.24, 2.45) is 0 Å². The second-order valence-electron chi connectivity index (χ2n) is 3.36. The maximum absolute atomic E-state index is 13.0. The zero-order valence-corrected chi connectivity index (χ0v) is 9.95. The van der Waals surface area contributed by atoms with E-state index in [-0.39, 0.29) is 11.4 Å². The molecule has 0 aliphatic carbocycles. The lowest BCUT2D eigenvalue weighted by molar-refractivity contribution is 0.626. The normalized spacial score (nSPS) is 10.4. The number of rotatable bonds is 2. The number of pyridine rings is 1. The summed E-state index contributed by atoms with van der Waals surface area (Å²) in [6.07, 6.45) is 1.70. The highest BCUT2D eigenvalue weighted by atomic mass is 79.9. The fourth-order valence-electron chi connectivity index (χ4n) is 1.44. The van der Waals surface area contributed by atoms with Crippen molar-refractivity contribution in [3.8, 4) is 5.69 Å². The molecule has 2 aromatic rings. The summed E-state index contributed by atoms with van der Waals surface area (Å²) in [5.41, 5.74) is 1.33. The van der Waals surface area contributed by atoms with Crippen molar-refractivity contribution in [1.29, 1.82) is 0 Å². The maximum Gasteiger partial charge on any atom is 0.255 e. The molecular weight excluding hydrogens is 273 g/mol. The molecule has 0 N–H and O–H groups in total. The van der Waals surface area contributed by atoms with Gasteiger partial charge in [0.25, 0.3) is 5.56 Å². The second kappa shape index (κ2) is 4.61. The highest BCUT2D eigenvalue weighted by Crippen LogP contribution is 2.09. The minimum atomic E-state index is -0.353. The lowest BCUT2D eigenvalue weighted by atomic mass is 10.2. The lowest BCUT2D eigenvalue weighted by Gasteiger charge is -2.06. The largest absolute Gasteiger partial charge is 0.284 e. The summed E-state index contributed by atoms with van der Waals surface area (Å²) in [5.74, 6) is -0.353. The molecule has 82 valence electrons.